The van der Waals surface area contributed by atoms with E-state index in [0.717, 1.165) is 12.8 Å². The Labute approximate surface area is 85.8 Å². The Morgan fingerprint density at radius 3 is 3.08 bits per heavy atom. The first-order valence-electron chi connectivity index (χ1n) is 4.09. The first-order valence-corrected chi connectivity index (χ1v) is 5.17. The monoisotopic (exact) mass is 277 g/mol. The standard InChI is InChI=1S/C8H12IN3/c1-7-4-3-6(9)5-8(7,2)11-12-10-7/h3H,4-5H2,1-2H3,(H,10,11). The van der Waals surface area contributed by atoms with E-state index < -0.39 is 0 Å². The van der Waals surface area contributed by atoms with Gasteiger partial charge in [-0.05, 0) is 46.4 Å². The molecule has 0 fully saturated rings. The van der Waals surface area contributed by atoms with Gasteiger partial charge in [0.1, 0.15) is 5.54 Å². The van der Waals surface area contributed by atoms with Crippen LogP contribution in [-0.4, -0.2) is 11.1 Å². The summed E-state index contributed by atoms with van der Waals surface area (Å²) >= 11 is 2.38. The van der Waals surface area contributed by atoms with Gasteiger partial charge in [0.05, 0.1) is 5.54 Å². The minimum Gasteiger partial charge on any atom is -0.283 e. The van der Waals surface area contributed by atoms with E-state index in [9.17, 15) is 0 Å². The van der Waals surface area contributed by atoms with Crippen molar-refractivity contribution in [2.24, 2.45) is 10.3 Å². The fourth-order valence-electron chi connectivity index (χ4n) is 1.69. The molecule has 4 heteroatoms. The number of halogens is 1. The molecule has 0 saturated heterocycles. The van der Waals surface area contributed by atoms with Crippen LogP contribution in [0, 0.1) is 0 Å². The normalized spacial score (nSPS) is 45.1. The predicted molar refractivity (Wildman–Crippen MR) is 56.1 cm³/mol. The molecule has 2 rings (SSSR count). The molecule has 12 heavy (non-hydrogen) atoms. The molecule has 1 aliphatic heterocycles. The Hall–Kier alpha value is -0.130. The highest BCUT2D eigenvalue weighted by Gasteiger charge is 2.50. The van der Waals surface area contributed by atoms with Gasteiger partial charge in [0.15, 0.2) is 0 Å². The molecule has 0 spiro atoms. The lowest BCUT2D eigenvalue weighted by Crippen LogP contribution is -2.53. The zero-order chi connectivity index (χ0) is 8.82. The molecular formula is C8H12IN3. The molecule has 0 aromatic carbocycles. The second-order valence-corrected chi connectivity index (χ2v) is 5.34. The number of fused-ring (bicyclic) bond motifs is 1. The molecule has 0 radical (unpaired) electrons. The Morgan fingerprint density at radius 1 is 1.58 bits per heavy atom. The highest BCUT2D eigenvalue weighted by molar-refractivity contribution is 14.1. The van der Waals surface area contributed by atoms with Gasteiger partial charge in [-0.15, -0.1) is 0 Å². The third-order valence-corrected chi connectivity index (χ3v) is 3.82. The fourth-order valence-corrected chi connectivity index (χ4v) is 2.65. The van der Waals surface area contributed by atoms with Crippen molar-refractivity contribution in [3.05, 3.63) is 9.66 Å². The van der Waals surface area contributed by atoms with E-state index in [1.807, 2.05) is 0 Å². The lowest BCUT2D eigenvalue weighted by atomic mass is 9.73. The first kappa shape index (κ1) is 8.47. The highest BCUT2D eigenvalue weighted by atomic mass is 127. The summed E-state index contributed by atoms with van der Waals surface area (Å²) in [6.45, 7) is 4.36. The summed E-state index contributed by atoms with van der Waals surface area (Å²) in [5.41, 5.74) is 3.12. The molecule has 1 N–H and O–H groups in total. The minimum absolute atomic E-state index is 0.0295. The average Bonchev–Trinajstić information content (AvgIpc) is 2.26. The molecule has 0 amide bonds. The van der Waals surface area contributed by atoms with Crippen LogP contribution in [0.5, 0.6) is 0 Å². The maximum Gasteiger partial charge on any atom is 0.110 e. The third-order valence-electron chi connectivity index (χ3n) is 3.00. The quantitative estimate of drug-likeness (QED) is 0.679. The maximum atomic E-state index is 4.28. The van der Waals surface area contributed by atoms with Crippen LogP contribution >= 0.6 is 22.6 Å². The van der Waals surface area contributed by atoms with E-state index in [4.69, 9.17) is 0 Å². The summed E-state index contributed by atoms with van der Waals surface area (Å²) in [7, 11) is 0. The van der Waals surface area contributed by atoms with E-state index in [-0.39, 0.29) is 11.1 Å². The molecule has 2 atom stereocenters. The number of hydrogen-bond acceptors (Lipinski definition) is 3. The van der Waals surface area contributed by atoms with Gasteiger partial charge in [-0.2, -0.15) is 5.11 Å². The molecule has 0 bridgehead atoms. The molecule has 1 heterocycles. The molecule has 3 nitrogen and oxygen atoms in total. The van der Waals surface area contributed by atoms with Crippen molar-refractivity contribution < 1.29 is 0 Å². The van der Waals surface area contributed by atoms with Gasteiger partial charge in [0.25, 0.3) is 0 Å². The average molecular weight is 277 g/mol. The summed E-state index contributed by atoms with van der Waals surface area (Å²) in [6, 6.07) is 0. The number of hydrogen-bond donors (Lipinski definition) is 1. The maximum absolute atomic E-state index is 4.28. The third kappa shape index (κ3) is 1.000. The van der Waals surface area contributed by atoms with Gasteiger partial charge in [-0.25, -0.2) is 0 Å². The van der Waals surface area contributed by atoms with Gasteiger partial charge in [0, 0.05) is 6.42 Å². The second-order valence-electron chi connectivity index (χ2n) is 3.95. The van der Waals surface area contributed by atoms with E-state index >= 15 is 0 Å². The van der Waals surface area contributed by atoms with Crippen LogP contribution in [0.25, 0.3) is 0 Å². The van der Waals surface area contributed by atoms with Gasteiger partial charge in [0.2, 0.25) is 0 Å². The van der Waals surface area contributed by atoms with Crippen LogP contribution in [0.3, 0.4) is 0 Å². The first-order chi connectivity index (χ1) is 5.56. The summed E-state index contributed by atoms with van der Waals surface area (Å²) < 4.78 is 1.40. The van der Waals surface area contributed by atoms with E-state index in [1.54, 1.807) is 0 Å². The van der Waals surface area contributed by atoms with Crippen LogP contribution in [-0.2, 0) is 0 Å². The van der Waals surface area contributed by atoms with Crippen molar-refractivity contribution in [3.63, 3.8) is 0 Å². The van der Waals surface area contributed by atoms with Crippen LogP contribution in [0.15, 0.2) is 20.0 Å². The van der Waals surface area contributed by atoms with Crippen LogP contribution in [0.1, 0.15) is 26.7 Å². The van der Waals surface area contributed by atoms with Crippen molar-refractivity contribution >= 4 is 22.6 Å². The number of rotatable bonds is 0. The Morgan fingerprint density at radius 2 is 2.33 bits per heavy atom. The van der Waals surface area contributed by atoms with Crippen LogP contribution < -0.4 is 5.43 Å². The molecule has 0 aromatic heterocycles. The minimum atomic E-state index is -0.0295. The smallest absolute Gasteiger partial charge is 0.110 e. The topological polar surface area (TPSA) is 36.8 Å². The van der Waals surface area contributed by atoms with Gasteiger partial charge >= 0.3 is 0 Å². The molecule has 0 saturated carbocycles. The van der Waals surface area contributed by atoms with E-state index in [0.29, 0.717) is 0 Å². The largest absolute Gasteiger partial charge is 0.283 e. The van der Waals surface area contributed by atoms with Crippen molar-refractivity contribution in [2.75, 3.05) is 0 Å². The lowest BCUT2D eigenvalue weighted by molar-refractivity contribution is 0.247. The predicted octanol–water partition coefficient (Wildman–Crippen LogP) is 2.59. The zero-order valence-corrected chi connectivity index (χ0v) is 9.42. The fraction of sp³-hybridized carbons (Fsp3) is 0.750. The summed E-state index contributed by atoms with van der Waals surface area (Å²) in [5, 5.41) is 8.22. The summed E-state index contributed by atoms with van der Waals surface area (Å²) in [4.78, 5) is 0. The zero-order valence-electron chi connectivity index (χ0n) is 7.26. The Balaban J connectivity index is 2.37. The van der Waals surface area contributed by atoms with Crippen molar-refractivity contribution in [1.82, 2.24) is 5.43 Å². The van der Waals surface area contributed by atoms with E-state index in [2.05, 4.69) is 58.3 Å². The number of nitrogens with one attached hydrogen (secondary N) is 1. The van der Waals surface area contributed by atoms with Gasteiger partial charge in [-0.3, -0.25) is 5.43 Å². The summed E-state index contributed by atoms with van der Waals surface area (Å²) in [6.07, 6.45) is 4.31. The van der Waals surface area contributed by atoms with Crippen molar-refractivity contribution in [2.45, 2.75) is 37.8 Å². The second kappa shape index (κ2) is 2.43. The van der Waals surface area contributed by atoms with Crippen molar-refractivity contribution in [3.8, 4) is 0 Å². The molecule has 1 aliphatic carbocycles. The van der Waals surface area contributed by atoms with Crippen LogP contribution in [0.2, 0.25) is 0 Å². The molecule has 2 unspecified atom stereocenters. The van der Waals surface area contributed by atoms with E-state index in [1.165, 1.54) is 3.58 Å². The molecule has 0 aromatic rings. The van der Waals surface area contributed by atoms with Gasteiger partial charge in [-0.1, -0.05) is 11.3 Å². The van der Waals surface area contributed by atoms with Crippen molar-refractivity contribution in [1.29, 1.82) is 0 Å². The van der Waals surface area contributed by atoms with Crippen LogP contribution in [0.4, 0.5) is 0 Å². The molecule has 66 valence electrons. The Kier molecular flexibility index (Phi) is 1.72. The molecular weight excluding hydrogens is 265 g/mol. The van der Waals surface area contributed by atoms with Gasteiger partial charge < -0.3 is 0 Å². The SMILES string of the molecule is CC12CC(I)=CCC1(C)NN=N2. The molecule has 2 aliphatic rings. The number of nitrogens with zero attached hydrogens (tertiary/aromatic N) is 2. The summed E-state index contributed by atoms with van der Waals surface area (Å²) in [5.74, 6) is 0. The Bertz CT molecular complexity index is 273. The lowest BCUT2D eigenvalue weighted by Gasteiger charge is -2.39. The highest BCUT2D eigenvalue weighted by Crippen LogP contribution is 2.44.